The molecule has 1 heterocycles. The molecule has 5 nitrogen and oxygen atoms in total. The summed E-state index contributed by atoms with van der Waals surface area (Å²) in [6, 6.07) is -0.581. The van der Waals surface area contributed by atoms with Gasteiger partial charge in [0.1, 0.15) is 5.03 Å². The number of hydrogen-bond acceptors (Lipinski definition) is 5. The summed E-state index contributed by atoms with van der Waals surface area (Å²) in [5.74, 6) is -1.21. The fourth-order valence-corrected chi connectivity index (χ4v) is 0.897. The minimum Gasteiger partial charge on any atom is -0.479 e. The number of carboxylic acids is 1. The molecule has 0 unspecified atom stereocenters. The number of hydrogen-bond donors (Lipinski definition) is 3. The van der Waals surface area contributed by atoms with Gasteiger partial charge in [0.15, 0.2) is 5.69 Å². The van der Waals surface area contributed by atoms with Crippen molar-refractivity contribution in [2.45, 2.75) is 11.9 Å². The van der Waals surface area contributed by atoms with E-state index in [0.29, 0.717) is 5.56 Å². The van der Waals surface area contributed by atoms with Gasteiger partial charge in [0.2, 0.25) is 0 Å². The monoisotopic (exact) mass is 186 g/mol. The highest BCUT2D eigenvalue weighted by atomic mass is 32.1. The number of rotatable bonds is 1. The van der Waals surface area contributed by atoms with E-state index < -0.39 is 12.0 Å². The third kappa shape index (κ3) is 1.48. The lowest BCUT2D eigenvalue weighted by Crippen LogP contribution is -2.05. The maximum Gasteiger partial charge on any atom is 0.355 e. The van der Waals surface area contributed by atoms with Gasteiger partial charge in [0, 0.05) is 5.56 Å². The lowest BCUT2D eigenvalue weighted by atomic mass is 10.2. The summed E-state index contributed by atoms with van der Waals surface area (Å²) in [5.41, 5.74) is 0.108. The van der Waals surface area contributed by atoms with Crippen LogP contribution in [-0.4, -0.2) is 26.2 Å². The molecule has 0 spiro atoms. The molecule has 0 bridgehead atoms. The second kappa shape index (κ2) is 2.98. The van der Waals surface area contributed by atoms with Crippen molar-refractivity contribution >= 4 is 18.6 Å². The molecule has 2 N–H and O–H groups in total. The van der Waals surface area contributed by atoms with E-state index in [1.54, 1.807) is 0 Å². The van der Waals surface area contributed by atoms with Crippen LogP contribution in [0.15, 0.2) is 5.03 Å². The van der Waals surface area contributed by atoms with Gasteiger partial charge in [-0.3, -0.25) is 0 Å². The first kappa shape index (κ1) is 8.79. The Morgan fingerprint density at radius 1 is 1.50 bits per heavy atom. The fourth-order valence-electron chi connectivity index (χ4n) is 0.702. The molecule has 6 heteroatoms. The number of aromatic carboxylic acids is 1. The Hall–Kier alpha value is -1.30. The van der Waals surface area contributed by atoms with E-state index in [1.807, 2.05) is 0 Å². The lowest BCUT2D eigenvalue weighted by Gasteiger charge is -2.01. The van der Waals surface area contributed by atoms with Gasteiger partial charge in [-0.2, -0.15) is 9.97 Å². The number of nitrogens with zero attached hydrogens (tertiary/aromatic N) is 2. The first-order chi connectivity index (χ1) is 5.52. The van der Waals surface area contributed by atoms with Crippen LogP contribution in [0, 0.1) is 6.92 Å². The molecule has 0 atom stereocenters. The van der Waals surface area contributed by atoms with Crippen LogP contribution in [0.4, 0.5) is 0 Å². The van der Waals surface area contributed by atoms with Crippen molar-refractivity contribution in [2.24, 2.45) is 0 Å². The van der Waals surface area contributed by atoms with Gasteiger partial charge in [-0.25, -0.2) is 4.79 Å². The minimum absolute atomic E-state index is 0.167. The highest BCUT2D eigenvalue weighted by Gasteiger charge is 2.13. The van der Waals surface area contributed by atoms with Crippen LogP contribution in [-0.2, 0) is 0 Å². The molecule has 1 aromatic rings. The Kier molecular flexibility index (Phi) is 2.18. The molecule has 1 aromatic heterocycles. The van der Waals surface area contributed by atoms with Crippen molar-refractivity contribution in [1.29, 1.82) is 0 Å². The Morgan fingerprint density at radius 2 is 2.08 bits per heavy atom. The van der Waals surface area contributed by atoms with E-state index in [-0.39, 0.29) is 10.7 Å². The zero-order valence-corrected chi connectivity index (χ0v) is 7.04. The first-order valence-corrected chi connectivity index (χ1v) is 3.47. The van der Waals surface area contributed by atoms with E-state index in [4.69, 9.17) is 10.2 Å². The molecule has 0 radical (unpaired) electrons. The standard InChI is InChI=1S/C6H6N2O3S/c1-2-3(5(9)10)7-6(11)8-4(2)12/h1H3,(H,9,10)(H2,7,8,11,12). The van der Waals surface area contributed by atoms with Gasteiger partial charge in [-0.15, -0.1) is 12.6 Å². The van der Waals surface area contributed by atoms with Gasteiger partial charge >= 0.3 is 12.0 Å². The number of carbonyl (C=O) groups is 1. The molecule has 0 saturated carbocycles. The van der Waals surface area contributed by atoms with Crippen LogP contribution >= 0.6 is 12.6 Å². The number of carboxylic acid groups (broad SMARTS) is 1. The summed E-state index contributed by atoms with van der Waals surface area (Å²) < 4.78 is 0. The van der Waals surface area contributed by atoms with E-state index in [2.05, 4.69) is 22.6 Å². The number of aromatic nitrogens is 2. The van der Waals surface area contributed by atoms with Gasteiger partial charge in [0.05, 0.1) is 0 Å². The van der Waals surface area contributed by atoms with Crippen molar-refractivity contribution in [1.82, 2.24) is 9.97 Å². The van der Waals surface area contributed by atoms with Crippen molar-refractivity contribution in [3.05, 3.63) is 11.3 Å². The third-order valence-corrected chi connectivity index (χ3v) is 1.75. The summed E-state index contributed by atoms with van der Waals surface area (Å²) in [7, 11) is 0. The van der Waals surface area contributed by atoms with Crippen molar-refractivity contribution in [3.8, 4) is 6.01 Å². The van der Waals surface area contributed by atoms with Gasteiger partial charge < -0.3 is 10.2 Å². The molecule has 0 fully saturated rings. The normalized spacial score (nSPS) is 9.83. The second-order valence-electron chi connectivity index (χ2n) is 2.13. The molecule has 0 aliphatic heterocycles. The van der Waals surface area contributed by atoms with Crippen molar-refractivity contribution in [2.75, 3.05) is 0 Å². The number of thiol groups is 1. The van der Waals surface area contributed by atoms with Crippen LogP contribution in [0.3, 0.4) is 0 Å². The molecular weight excluding hydrogens is 180 g/mol. The van der Waals surface area contributed by atoms with Crippen LogP contribution in [0.1, 0.15) is 16.1 Å². The van der Waals surface area contributed by atoms with Crippen molar-refractivity contribution in [3.63, 3.8) is 0 Å². The summed E-state index contributed by atoms with van der Waals surface area (Å²) >= 11 is 3.86. The summed E-state index contributed by atoms with van der Waals surface area (Å²) in [6.07, 6.45) is 0. The maximum atomic E-state index is 10.5. The Labute approximate surface area is 73.5 Å². The SMILES string of the molecule is Cc1c(S)nc(O)nc1C(=O)O. The molecule has 0 aromatic carbocycles. The zero-order chi connectivity index (χ0) is 9.30. The third-order valence-electron chi connectivity index (χ3n) is 1.31. The minimum atomic E-state index is -1.21. The topological polar surface area (TPSA) is 83.3 Å². The van der Waals surface area contributed by atoms with Gasteiger partial charge in [0.25, 0.3) is 0 Å². The molecule has 0 amide bonds. The summed E-state index contributed by atoms with van der Waals surface area (Å²) in [6.45, 7) is 1.52. The van der Waals surface area contributed by atoms with E-state index in [0.717, 1.165) is 0 Å². The molecule has 0 aliphatic rings. The highest BCUT2D eigenvalue weighted by Crippen LogP contribution is 2.15. The van der Waals surface area contributed by atoms with Crippen molar-refractivity contribution < 1.29 is 15.0 Å². The van der Waals surface area contributed by atoms with Gasteiger partial charge in [-0.1, -0.05) is 0 Å². The summed E-state index contributed by atoms with van der Waals surface area (Å²) in [4.78, 5) is 17.3. The van der Waals surface area contributed by atoms with E-state index in [9.17, 15) is 4.79 Å². The molecule has 0 saturated heterocycles. The average molecular weight is 186 g/mol. The molecule has 1 rings (SSSR count). The van der Waals surface area contributed by atoms with Crippen LogP contribution in [0.2, 0.25) is 0 Å². The second-order valence-corrected chi connectivity index (χ2v) is 2.55. The Morgan fingerprint density at radius 3 is 2.58 bits per heavy atom. The molecular formula is C6H6N2O3S. The van der Waals surface area contributed by atoms with Crippen LogP contribution in [0.25, 0.3) is 0 Å². The van der Waals surface area contributed by atoms with Crippen LogP contribution < -0.4 is 0 Å². The smallest absolute Gasteiger partial charge is 0.355 e. The maximum absolute atomic E-state index is 10.5. The predicted molar refractivity (Wildman–Crippen MR) is 42.6 cm³/mol. The van der Waals surface area contributed by atoms with E-state index in [1.165, 1.54) is 6.92 Å². The lowest BCUT2D eigenvalue weighted by molar-refractivity contribution is 0.0687. The Balaban J connectivity index is 3.37. The van der Waals surface area contributed by atoms with E-state index >= 15 is 0 Å². The molecule has 12 heavy (non-hydrogen) atoms. The van der Waals surface area contributed by atoms with Crippen LogP contribution in [0.5, 0.6) is 6.01 Å². The molecule has 64 valence electrons. The summed E-state index contributed by atoms with van der Waals surface area (Å²) in [5, 5.41) is 17.6. The number of aromatic hydroxyl groups is 1. The highest BCUT2D eigenvalue weighted by molar-refractivity contribution is 7.80. The Bertz CT molecular complexity index is 340. The average Bonchev–Trinajstić information content (AvgIpc) is 1.96. The quantitative estimate of drug-likeness (QED) is 0.439. The first-order valence-electron chi connectivity index (χ1n) is 3.02. The zero-order valence-electron chi connectivity index (χ0n) is 6.14. The fraction of sp³-hybridized carbons (Fsp3) is 0.167. The van der Waals surface area contributed by atoms with Gasteiger partial charge in [-0.05, 0) is 6.92 Å². The molecule has 0 aliphatic carbocycles. The largest absolute Gasteiger partial charge is 0.479 e. The predicted octanol–water partition coefficient (Wildman–Crippen LogP) is 0.478.